The molecule has 132 valence electrons. The lowest BCUT2D eigenvalue weighted by Gasteiger charge is -2.24. The maximum atomic E-state index is 5.00. The van der Waals surface area contributed by atoms with Crippen molar-refractivity contribution in [3.8, 4) is 0 Å². The van der Waals surface area contributed by atoms with Crippen molar-refractivity contribution in [2.75, 3.05) is 0 Å². The number of imidazole rings is 1. The minimum absolute atomic E-state index is 0.679. The number of rotatable bonds is 1. The number of nitrogens with zero attached hydrogens (tertiary/aromatic N) is 2. The Morgan fingerprint density at radius 1 is 0.704 bits per heavy atom. The van der Waals surface area contributed by atoms with E-state index >= 15 is 0 Å². The fourth-order valence-corrected chi connectivity index (χ4v) is 5.14. The molecule has 0 spiro atoms. The van der Waals surface area contributed by atoms with E-state index in [0.29, 0.717) is 5.92 Å². The first-order chi connectivity index (χ1) is 13.4. The van der Waals surface area contributed by atoms with Crippen LogP contribution >= 0.6 is 0 Å². The van der Waals surface area contributed by atoms with Crippen LogP contribution in [-0.4, -0.2) is 9.38 Å². The summed E-state index contributed by atoms with van der Waals surface area (Å²) in [5.74, 6) is 0.679. The fourth-order valence-electron chi connectivity index (χ4n) is 5.14. The molecule has 0 saturated heterocycles. The van der Waals surface area contributed by atoms with E-state index in [1.165, 1.54) is 64.9 Å². The summed E-state index contributed by atoms with van der Waals surface area (Å²) in [6.07, 6.45) is 6.73. The predicted molar refractivity (Wildman–Crippen MR) is 114 cm³/mol. The van der Waals surface area contributed by atoms with E-state index in [9.17, 15) is 0 Å². The van der Waals surface area contributed by atoms with Gasteiger partial charge in [-0.3, -0.25) is 4.40 Å². The highest BCUT2D eigenvalue weighted by Gasteiger charge is 2.21. The Balaban J connectivity index is 1.85. The van der Waals surface area contributed by atoms with E-state index in [0.717, 1.165) is 11.2 Å². The Bertz CT molecular complexity index is 1310. The average molecular weight is 350 g/mol. The van der Waals surface area contributed by atoms with Crippen molar-refractivity contribution in [2.24, 2.45) is 0 Å². The third-order valence-corrected chi connectivity index (χ3v) is 6.36. The van der Waals surface area contributed by atoms with Gasteiger partial charge in [0.2, 0.25) is 0 Å². The molecule has 0 unspecified atom stereocenters. The zero-order valence-corrected chi connectivity index (χ0v) is 15.4. The maximum Gasteiger partial charge on any atom is 0.146 e. The van der Waals surface area contributed by atoms with Gasteiger partial charge < -0.3 is 0 Å². The molecule has 2 nitrogen and oxygen atoms in total. The molecule has 0 amide bonds. The first-order valence-electron chi connectivity index (χ1n) is 10.1. The van der Waals surface area contributed by atoms with E-state index in [4.69, 9.17) is 4.98 Å². The highest BCUT2D eigenvalue weighted by molar-refractivity contribution is 6.15. The molecule has 6 rings (SSSR count). The van der Waals surface area contributed by atoms with E-state index in [-0.39, 0.29) is 0 Å². The summed E-state index contributed by atoms with van der Waals surface area (Å²) in [5.41, 5.74) is 6.16. The first-order valence-corrected chi connectivity index (χ1v) is 10.1. The van der Waals surface area contributed by atoms with Crippen molar-refractivity contribution < 1.29 is 0 Å². The summed E-state index contributed by atoms with van der Waals surface area (Å²) < 4.78 is 2.37. The summed E-state index contributed by atoms with van der Waals surface area (Å²) >= 11 is 0. The van der Waals surface area contributed by atoms with Gasteiger partial charge in [-0.2, -0.15) is 0 Å². The third-order valence-electron chi connectivity index (χ3n) is 6.36. The Morgan fingerprint density at radius 3 is 2.33 bits per heavy atom. The molecular weight excluding hydrogens is 328 g/mol. The number of hydrogen-bond donors (Lipinski definition) is 0. The number of aromatic nitrogens is 2. The van der Waals surface area contributed by atoms with Crippen molar-refractivity contribution >= 4 is 38.4 Å². The Labute approximate surface area is 158 Å². The summed E-state index contributed by atoms with van der Waals surface area (Å²) in [4.78, 5) is 5.00. The van der Waals surface area contributed by atoms with Crippen LogP contribution in [0, 0.1) is 0 Å². The minimum atomic E-state index is 0.679. The van der Waals surface area contributed by atoms with E-state index in [2.05, 4.69) is 71.1 Å². The van der Waals surface area contributed by atoms with Gasteiger partial charge in [-0.05, 0) is 47.9 Å². The van der Waals surface area contributed by atoms with Crippen molar-refractivity contribution in [2.45, 2.75) is 38.0 Å². The Hall–Kier alpha value is -2.87. The molecule has 1 aliphatic rings. The van der Waals surface area contributed by atoms with Gasteiger partial charge in [0.05, 0.1) is 16.6 Å². The number of benzene rings is 3. The first kappa shape index (κ1) is 15.2. The number of pyridine rings is 1. The SMILES string of the molecule is c1ccc2c(c1)nc1c3ccccc3c3c(C4CCCCC4)cccc3n21. The van der Waals surface area contributed by atoms with Gasteiger partial charge in [-0.25, -0.2) is 4.98 Å². The van der Waals surface area contributed by atoms with Crippen LogP contribution in [0.25, 0.3) is 38.4 Å². The van der Waals surface area contributed by atoms with Crippen LogP contribution in [0.15, 0.2) is 66.7 Å². The van der Waals surface area contributed by atoms with Crippen LogP contribution in [0.5, 0.6) is 0 Å². The highest BCUT2D eigenvalue weighted by Crippen LogP contribution is 2.40. The molecule has 3 aromatic carbocycles. The number of fused-ring (bicyclic) bond motifs is 8. The fraction of sp³-hybridized carbons (Fsp3) is 0.240. The van der Waals surface area contributed by atoms with Gasteiger partial charge in [0.1, 0.15) is 5.65 Å². The van der Waals surface area contributed by atoms with Gasteiger partial charge in [-0.15, -0.1) is 0 Å². The molecule has 0 N–H and O–H groups in total. The second-order valence-electron chi connectivity index (χ2n) is 7.88. The molecule has 0 atom stereocenters. The van der Waals surface area contributed by atoms with Crippen molar-refractivity contribution in [1.29, 1.82) is 0 Å². The van der Waals surface area contributed by atoms with Crippen LogP contribution in [0.1, 0.15) is 43.6 Å². The molecule has 2 aromatic heterocycles. The molecule has 0 aliphatic heterocycles. The average Bonchev–Trinajstić information content (AvgIpc) is 3.14. The topological polar surface area (TPSA) is 17.3 Å². The largest absolute Gasteiger partial charge is 0.292 e. The van der Waals surface area contributed by atoms with Crippen LogP contribution in [-0.2, 0) is 0 Å². The molecule has 1 aliphatic carbocycles. The summed E-state index contributed by atoms with van der Waals surface area (Å²) in [6, 6.07) is 24.2. The van der Waals surface area contributed by atoms with E-state index in [1.54, 1.807) is 0 Å². The molecule has 27 heavy (non-hydrogen) atoms. The molecular formula is C25H22N2. The van der Waals surface area contributed by atoms with Crippen molar-refractivity contribution in [3.63, 3.8) is 0 Å². The Kier molecular flexibility index (Phi) is 3.28. The zero-order chi connectivity index (χ0) is 17.8. The molecule has 1 saturated carbocycles. The number of para-hydroxylation sites is 2. The molecule has 2 heterocycles. The van der Waals surface area contributed by atoms with Crippen LogP contribution in [0.4, 0.5) is 0 Å². The lowest BCUT2D eigenvalue weighted by molar-refractivity contribution is 0.445. The molecule has 0 bridgehead atoms. The predicted octanol–water partition coefficient (Wildman–Crippen LogP) is 6.84. The summed E-state index contributed by atoms with van der Waals surface area (Å²) in [7, 11) is 0. The molecule has 2 heteroatoms. The number of hydrogen-bond acceptors (Lipinski definition) is 1. The van der Waals surface area contributed by atoms with E-state index in [1.807, 2.05) is 0 Å². The molecule has 1 fully saturated rings. The Morgan fingerprint density at radius 2 is 1.44 bits per heavy atom. The zero-order valence-electron chi connectivity index (χ0n) is 15.4. The van der Waals surface area contributed by atoms with Gasteiger partial charge in [0.15, 0.2) is 0 Å². The second kappa shape index (κ2) is 5.82. The smallest absolute Gasteiger partial charge is 0.146 e. The van der Waals surface area contributed by atoms with Crippen LogP contribution in [0.2, 0.25) is 0 Å². The van der Waals surface area contributed by atoms with Gasteiger partial charge in [0.25, 0.3) is 0 Å². The van der Waals surface area contributed by atoms with Crippen molar-refractivity contribution in [1.82, 2.24) is 9.38 Å². The second-order valence-corrected chi connectivity index (χ2v) is 7.88. The van der Waals surface area contributed by atoms with E-state index < -0.39 is 0 Å². The molecule has 5 aromatic rings. The van der Waals surface area contributed by atoms with Crippen LogP contribution in [0.3, 0.4) is 0 Å². The summed E-state index contributed by atoms with van der Waals surface area (Å²) in [5, 5.41) is 4.02. The minimum Gasteiger partial charge on any atom is -0.292 e. The highest BCUT2D eigenvalue weighted by atomic mass is 15.0. The van der Waals surface area contributed by atoms with Crippen LogP contribution < -0.4 is 0 Å². The van der Waals surface area contributed by atoms with Gasteiger partial charge in [0, 0.05) is 10.8 Å². The lowest BCUT2D eigenvalue weighted by atomic mass is 9.82. The lowest BCUT2D eigenvalue weighted by Crippen LogP contribution is -2.06. The van der Waals surface area contributed by atoms with Crippen molar-refractivity contribution in [3.05, 3.63) is 72.3 Å². The standard InChI is InChI=1S/C25H22N2/c1-2-9-17(10-3-1)18-13-8-16-23-24(18)19-11-4-5-12-20(19)25-26-21-14-6-7-15-22(21)27(23)25/h4-8,11-17H,1-3,9-10H2. The molecule has 0 radical (unpaired) electrons. The maximum absolute atomic E-state index is 5.00. The monoisotopic (exact) mass is 350 g/mol. The quantitative estimate of drug-likeness (QED) is 0.302. The summed E-state index contributed by atoms with van der Waals surface area (Å²) in [6.45, 7) is 0. The van der Waals surface area contributed by atoms with Gasteiger partial charge >= 0.3 is 0 Å². The third kappa shape index (κ3) is 2.16. The van der Waals surface area contributed by atoms with Gasteiger partial charge in [-0.1, -0.05) is 67.8 Å². The normalized spacial score (nSPS) is 16.0.